The highest BCUT2D eigenvalue weighted by molar-refractivity contribution is 9.10. The highest BCUT2D eigenvalue weighted by Crippen LogP contribution is 2.30. The van der Waals surface area contributed by atoms with Gasteiger partial charge in [-0.3, -0.25) is 0 Å². The van der Waals surface area contributed by atoms with E-state index in [4.69, 9.17) is 5.73 Å². The summed E-state index contributed by atoms with van der Waals surface area (Å²) in [5, 5.41) is 0. The third-order valence-corrected chi connectivity index (χ3v) is 4.08. The van der Waals surface area contributed by atoms with Gasteiger partial charge in [-0.25, -0.2) is 13.8 Å². The summed E-state index contributed by atoms with van der Waals surface area (Å²) in [5.74, 6) is -0.445. The van der Waals surface area contributed by atoms with Gasteiger partial charge in [-0.1, -0.05) is 12.1 Å². The predicted octanol–water partition coefficient (Wildman–Crippen LogP) is 4.27. The van der Waals surface area contributed by atoms with Crippen LogP contribution in [0.1, 0.15) is 18.5 Å². The number of nitrogens with zero attached hydrogens (tertiary/aromatic N) is 2. The fourth-order valence-corrected chi connectivity index (χ4v) is 2.76. The van der Waals surface area contributed by atoms with Gasteiger partial charge in [0.05, 0.1) is 21.5 Å². The minimum absolute atomic E-state index is 0.219. The van der Waals surface area contributed by atoms with Gasteiger partial charge in [0.25, 0.3) is 0 Å². The number of aromatic nitrogens is 2. The Balaban J connectivity index is 2.19. The number of anilines is 1. The smallest absolute Gasteiger partial charge is 0.201 e. The molecule has 0 aliphatic rings. The van der Waals surface area contributed by atoms with E-state index in [1.54, 1.807) is 16.7 Å². The molecule has 21 heavy (non-hydrogen) atoms. The normalized spacial score (nSPS) is 12.8. The van der Waals surface area contributed by atoms with Gasteiger partial charge in [0.2, 0.25) is 5.95 Å². The zero-order valence-electron chi connectivity index (χ0n) is 11.1. The van der Waals surface area contributed by atoms with Crippen molar-refractivity contribution in [2.24, 2.45) is 0 Å². The Morgan fingerprint density at radius 1 is 1.24 bits per heavy atom. The third kappa shape index (κ3) is 2.40. The molecule has 3 nitrogen and oxygen atoms in total. The molecule has 2 N–H and O–H groups in total. The molecule has 108 valence electrons. The molecule has 0 saturated carbocycles. The summed E-state index contributed by atoms with van der Waals surface area (Å²) in [6, 6.07) is 9.03. The Hall–Kier alpha value is -1.95. The largest absolute Gasteiger partial charge is 0.369 e. The topological polar surface area (TPSA) is 43.8 Å². The van der Waals surface area contributed by atoms with Crippen LogP contribution in [0, 0.1) is 11.6 Å². The molecule has 3 rings (SSSR count). The number of fused-ring (bicyclic) bond motifs is 1. The SMILES string of the molecule is CC(c1cccc(F)c1)n1c(N)nc2cc(F)c(Br)cc21. The van der Waals surface area contributed by atoms with Gasteiger partial charge < -0.3 is 10.3 Å². The van der Waals surface area contributed by atoms with Crippen LogP contribution < -0.4 is 5.73 Å². The standard InChI is InChI=1S/C15H12BrF2N3/c1-8(9-3-2-4-10(17)5-9)21-14-6-11(16)12(18)7-13(14)20-15(21)19/h2-8H,1H3,(H2,19,20). The van der Waals surface area contributed by atoms with E-state index in [2.05, 4.69) is 20.9 Å². The zero-order valence-corrected chi connectivity index (χ0v) is 12.7. The van der Waals surface area contributed by atoms with Gasteiger partial charge in [0, 0.05) is 6.07 Å². The van der Waals surface area contributed by atoms with Crippen LogP contribution in [0.15, 0.2) is 40.9 Å². The summed E-state index contributed by atoms with van der Waals surface area (Å²) in [6.45, 7) is 1.89. The quantitative estimate of drug-likeness (QED) is 0.749. The van der Waals surface area contributed by atoms with E-state index in [-0.39, 0.29) is 17.8 Å². The van der Waals surface area contributed by atoms with E-state index in [0.717, 1.165) is 5.56 Å². The van der Waals surface area contributed by atoms with E-state index < -0.39 is 5.82 Å². The minimum Gasteiger partial charge on any atom is -0.369 e. The first-order valence-corrected chi connectivity index (χ1v) is 7.14. The second-order valence-electron chi connectivity index (χ2n) is 4.83. The summed E-state index contributed by atoms with van der Waals surface area (Å²) in [5.41, 5.74) is 7.88. The Morgan fingerprint density at radius 2 is 2.00 bits per heavy atom. The maximum Gasteiger partial charge on any atom is 0.201 e. The van der Waals surface area contributed by atoms with E-state index in [0.29, 0.717) is 15.5 Å². The van der Waals surface area contributed by atoms with Crippen LogP contribution in [-0.4, -0.2) is 9.55 Å². The fraction of sp³-hybridized carbons (Fsp3) is 0.133. The Labute approximate surface area is 128 Å². The third-order valence-electron chi connectivity index (χ3n) is 3.48. The molecule has 6 heteroatoms. The summed E-state index contributed by atoms with van der Waals surface area (Å²) in [6.07, 6.45) is 0. The van der Waals surface area contributed by atoms with Crippen molar-refractivity contribution in [3.05, 3.63) is 58.1 Å². The van der Waals surface area contributed by atoms with Crippen LogP contribution in [0.3, 0.4) is 0 Å². The van der Waals surface area contributed by atoms with Crippen molar-refractivity contribution in [3.63, 3.8) is 0 Å². The van der Waals surface area contributed by atoms with Gasteiger partial charge in [0.1, 0.15) is 11.6 Å². The molecule has 2 aromatic carbocycles. The summed E-state index contributed by atoms with van der Waals surface area (Å²) in [4.78, 5) is 4.17. The van der Waals surface area contributed by atoms with Gasteiger partial charge in [-0.05, 0) is 46.6 Å². The second kappa shape index (κ2) is 5.11. The van der Waals surface area contributed by atoms with Crippen LogP contribution in [-0.2, 0) is 0 Å². The minimum atomic E-state index is -0.398. The Kier molecular flexibility index (Phi) is 3.41. The van der Waals surface area contributed by atoms with E-state index in [1.165, 1.54) is 18.2 Å². The molecule has 0 saturated heterocycles. The number of imidazole rings is 1. The zero-order chi connectivity index (χ0) is 15.1. The Morgan fingerprint density at radius 3 is 2.71 bits per heavy atom. The molecule has 0 fully saturated rings. The molecule has 0 aliphatic heterocycles. The van der Waals surface area contributed by atoms with Crippen LogP contribution in [0.25, 0.3) is 11.0 Å². The van der Waals surface area contributed by atoms with E-state index in [1.807, 2.05) is 13.0 Å². The number of nitrogen functional groups attached to an aromatic ring is 1. The number of hydrogen-bond donors (Lipinski definition) is 1. The van der Waals surface area contributed by atoms with E-state index >= 15 is 0 Å². The molecular weight excluding hydrogens is 340 g/mol. The van der Waals surface area contributed by atoms with Crippen molar-refractivity contribution < 1.29 is 8.78 Å². The second-order valence-corrected chi connectivity index (χ2v) is 5.68. The monoisotopic (exact) mass is 351 g/mol. The number of halogens is 3. The highest BCUT2D eigenvalue weighted by atomic mass is 79.9. The van der Waals surface area contributed by atoms with Crippen molar-refractivity contribution in [1.82, 2.24) is 9.55 Å². The predicted molar refractivity (Wildman–Crippen MR) is 82.0 cm³/mol. The van der Waals surface area contributed by atoms with Crippen LogP contribution >= 0.6 is 15.9 Å². The fourth-order valence-electron chi connectivity index (χ4n) is 2.43. The molecule has 0 amide bonds. The molecule has 1 atom stereocenters. The number of rotatable bonds is 2. The van der Waals surface area contributed by atoms with Gasteiger partial charge >= 0.3 is 0 Å². The molecule has 0 bridgehead atoms. The summed E-state index contributed by atoms with van der Waals surface area (Å²) in [7, 11) is 0. The maximum absolute atomic E-state index is 13.6. The number of benzene rings is 2. The molecule has 1 heterocycles. The first-order chi connectivity index (χ1) is 9.97. The van der Waals surface area contributed by atoms with Gasteiger partial charge in [-0.15, -0.1) is 0 Å². The molecule has 0 radical (unpaired) electrons. The average molecular weight is 352 g/mol. The highest BCUT2D eigenvalue weighted by Gasteiger charge is 2.17. The average Bonchev–Trinajstić information content (AvgIpc) is 2.74. The number of nitrogens with two attached hydrogens (primary N) is 1. The van der Waals surface area contributed by atoms with Crippen molar-refractivity contribution in [2.45, 2.75) is 13.0 Å². The molecule has 1 aromatic heterocycles. The lowest BCUT2D eigenvalue weighted by Gasteiger charge is -2.16. The molecule has 0 aliphatic carbocycles. The van der Waals surface area contributed by atoms with Crippen molar-refractivity contribution in [1.29, 1.82) is 0 Å². The van der Waals surface area contributed by atoms with Crippen molar-refractivity contribution in [2.75, 3.05) is 5.73 Å². The summed E-state index contributed by atoms with van der Waals surface area (Å²) >= 11 is 3.16. The lowest BCUT2D eigenvalue weighted by Crippen LogP contribution is -2.10. The number of hydrogen-bond acceptors (Lipinski definition) is 2. The van der Waals surface area contributed by atoms with E-state index in [9.17, 15) is 8.78 Å². The maximum atomic E-state index is 13.6. The van der Waals surface area contributed by atoms with Crippen LogP contribution in [0.4, 0.5) is 14.7 Å². The lowest BCUT2D eigenvalue weighted by molar-refractivity contribution is 0.611. The first kappa shape index (κ1) is 14.0. The lowest BCUT2D eigenvalue weighted by atomic mass is 10.1. The van der Waals surface area contributed by atoms with Gasteiger partial charge in [0.15, 0.2) is 0 Å². The van der Waals surface area contributed by atoms with Crippen LogP contribution in [0.5, 0.6) is 0 Å². The van der Waals surface area contributed by atoms with Crippen molar-refractivity contribution >= 4 is 32.9 Å². The molecular formula is C15H12BrF2N3. The van der Waals surface area contributed by atoms with Crippen molar-refractivity contribution in [3.8, 4) is 0 Å². The van der Waals surface area contributed by atoms with Gasteiger partial charge in [-0.2, -0.15) is 0 Å². The first-order valence-electron chi connectivity index (χ1n) is 6.35. The molecule has 3 aromatic rings. The van der Waals surface area contributed by atoms with Crippen LogP contribution in [0.2, 0.25) is 0 Å². The molecule has 1 unspecified atom stereocenters. The summed E-state index contributed by atoms with van der Waals surface area (Å²) < 4.78 is 29.1. The molecule has 0 spiro atoms. The Bertz CT molecular complexity index is 829.